The number of nitrogens with one attached hydrogen (secondary N) is 1. The lowest BCUT2D eigenvalue weighted by Crippen LogP contribution is -2.14. The molecule has 0 saturated heterocycles. The molecule has 0 fully saturated rings. The number of rotatable bonds is 4. The number of hydrogen-bond donors (Lipinski definition) is 1. The summed E-state index contributed by atoms with van der Waals surface area (Å²) in [6, 6.07) is 6.30. The molecule has 0 spiro atoms. The van der Waals surface area contributed by atoms with Crippen molar-refractivity contribution in [3.63, 3.8) is 0 Å². The Hall–Kier alpha value is -2.81. The van der Waals surface area contributed by atoms with Crippen LogP contribution in [0.5, 0.6) is 5.75 Å². The maximum atomic E-state index is 12.8. The van der Waals surface area contributed by atoms with E-state index in [2.05, 4.69) is 5.32 Å². The number of hydrogen-bond acceptors (Lipinski definition) is 4. The fourth-order valence-electron chi connectivity index (χ4n) is 2.00. The van der Waals surface area contributed by atoms with Crippen molar-refractivity contribution in [3.05, 3.63) is 62.7 Å². The average molecular weight is 375 g/mol. The van der Waals surface area contributed by atoms with Gasteiger partial charge in [0.15, 0.2) is 5.75 Å². The van der Waals surface area contributed by atoms with Crippen LogP contribution in [0.25, 0.3) is 0 Å². The van der Waals surface area contributed by atoms with E-state index < -0.39 is 33.3 Å². The Balaban J connectivity index is 2.32. The van der Waals surface area contributed by atoms with Crippen molar-refractivity contribution in [1.82, 2.24) is 0 Å². The van der Waals surface area contributed by atoms with Gasteiger partial charge in [-0.3, -0.25) is 14.9 Å². The molecule has 0 radical (unpaired) electrons. The number of nitro groups is 1. The third-order valence-corrected chi connectivity index (χ3v) is 3.50. The second kappa shape index (κ2) is 6.98. The molecule has 0 aromatic heterocycles. The molecule has 1 N–H and O–H groups in total. The van der Waals surface area contributed by atoms with Crippen LogP contribution in [0.1, 0.15) is 15.9 Å². The topological polar surface area (TPSA) is 81.5 Å². The monoisotopic (exact) mass is 374 g/mol. The zero-order valence-electron chi connectivity index (χ0n) is 12.6. The number of nitro benzene ring substituents is 1. The average Bonchev–Trinajstić information content (AvgIpc) is 2.54. The molecular weight excluding hydrogens is 365 g/mol. The number of halogens is 4. The fourth-order valence-corrected chi connectivity index (χ4v) is 2.22. The quantitative estimate of drug-likeness (QED) is 0.629. The van der Waals surface area contributed by atoms with Crippen molar-refractivity contribution < 1.29 is 27.6 Å². The first-order valence-electron chi connectivity index (χ1n) is 6.64. The summed E-state index contributed by atoms with van der Waals surface area (Å²) >= 11 is 5.50. The summed E-state index contributed by atoms with van der Waals surface area (Å²) in [5.74, 6) is -0.867. The van der Waals surface area contributed by atoms with Crippen molar-refractivity contribution in [2.75, 3.05) is 12.4 Å². The minimum atomic E-state index is -4.68. The Morgan fingerprint density at radius 1 is 1.24 bits per heavy atom. The Kier molecular flexibility index (Phi) is 5.17. The highest BCUT2D eigenvalue weighted by Crippen LogP contribution is 2.36. The van der Waals surface area contributed by atoms with Crippen LogP contribution in [-0.4, -0.2) is 17.9 Å². The largest absolute Gasteiger partial charge is 0.490 e. The van der Waals surface area contributed by atoms with Gasteiger partial charge in [-0.05, 0) is 30.3 Å². The summed E-state index contributed by atoms with van der Waals surface area (Å²) in [6.45, 7) is 0. The zero-order chi connectivity index (χ0) is 18.8. The maximum absolute atomic E-state index is 12.8. The molecule has 0 atom stereocenters. The molecule has 0 aliphatic carbocycles. The molecule has 0 saturated carbocycles. The SMILES string of the molecule is COc1ccc(C(=O)Nc2ccc(Cl)c(C(F)(F)F)c2)cc1[N+](=O)[O-]. The van der Waals surface area contributed by atoms with Crippen LogP contribution in [-0.2, 0) is 6.18 Å². The summed E-state index contributed by atoms with van der Waals surface area (Å²) in [6.07, 6.45) is -4.68. The highest BCUT2D eigenvalue weighted by Gasteiger charge is 2.33. The van der Waals surface area contributed by atoms with Gasteiger partial charge in [0, 0.05) is 17.3 Å². The van der Waals surface area contributed by atoms with Gasteiger partial charge in [-0.2, -0.15) is 13.2 Å². The summed E-state index contributed by atoms with van der Waals surface area (Å²) in [7, 11) is 1.23. The number of methoxy groups -OCH3 is 1. The summed E-state index contributed by atoms with van der Waals surface area (Å²) < 4.78 is 43.3. The number of carbonyl (C=O) groups is 1. The minimum absolute atomic E-state index is 0.0487. The molecule has 6 nitrogen and oxygen atoms in total. The van der Waals surface area contributed by atoms with Crippen LogP contribution in [0.2, 0.25) is 5.02 Å². The van der Waals surface area contributed by atoms with Crippen molar-refractivity contribution in [1.29, 1.82) is 0 Å². The zero-order valence-corrected chi connectivity index (χ0v) is 13.3. The van der Waals surface area contributed by atoms with Gasteiger partial charge < -0.3 is 10.1 Å². The van der Waals surface area contributed by atoms with Crippen LogP contribution >= 0.6 is 11.6 Å². The van der Waals surface area contributed by atoms with Gasteiger partial charge in [-0.25, -0.2) is 0 Å². The lowest BCUT2D eigenvalue weighted by molar-refractivity contribution is -0.385. The molecule has 2 aromatic rings. The molecule has 0 unspecified atom stereocenters. The van der Waals surface area contributed by atoms with E-state index in [0.29, 0.717) is 6.07 Å². The van der Waals surface area contributed by atoms with Crippen molar-refractivity contribution in [3.8, 4) is 5.75 Å². The molecule has 132 valence electrons. The van der Waals surface area contributed by atoms with Crippen LogP contribution in [0.3, 0.4) is 0 Å². The van der Waals surface area contributed by atoms with Gasteiger partial charge in [0.25, 0.3) is 5.91 Å². The Morgan fingerprint density at radius 3 is 2.48 bits per heavy atom. The third kappa shape index (κ3) is 4.18. The van der Waals surface area contributed by atoms with E-state index in [1.165, 1.54) is 25.3 Å². The van der Waals surface area contributed by atoms with Gasteiger partial charge >= 0.3 is 11.9 Å². The first-order chi connectivity index (χ1) is 11.6. The highest BCUT2D eigenvalue weighted by atomic mass is 35.5. The van der Waals surface area contributed by atoms with Crippen LogP contribution in [0.4, 0.5) is 24.5 Å². The van der Waals surface area contributed by atoms with E-state index in [9.17, 15) is 28.1 Å². The van der Waals surface area contributed by atoms with E-state index in [-0.39, 0.29) is 17.0 Å². The number of alkyl halides is 3. The number of amides is 1. The second-order valence-electron chi connectivity index (χ2n) is 4.79. The van der Waals surface area contributed by atoms with Gasteiger partial charge in [-0.15, -0.1) is 0 Å². The molecule has 1 amide bonds. The summed E-state index contributed by atoms with van der Waals surface area (Å²) in [5, 5.41) is 12.7. The molecule has 0 bridgehead atoms. The minimum Gasteiger partial charge on any atom is -0.490 e. The van der Waals surface area contributed by atoms with Crippen LogP contribution < -0.4 is 10.1 Å². The van der Waals surface area contributed by atoms with E-state index in [0.717, 1.165) is 12.1 Å². The lowest BCUT2D eigenvalue weighted by Gasteiger charge is -2.12. The fraction of sp³-hybridized carbons (Fsp3) is 0.133. The highest BCUT2D eigenvalue weighted by molar-refractivity contribution is 6.31. The van der Waals surface area contributed by atoms with E-state index in [1.54, 1.807) is 0 Å². The molecule has 10 heteroatoms. The molecule has 25 heavy (non-hydrogen) atoms. The Labute approximate surface area is 144 Å². The van der Waals surface area contributed by atoms with Crippen LogP contribution in [0, 0.1) is 10.1 Å². The molecule has 2 rings (SSSR count). The molecule has 0 heterocycles. The van der Waals surface area contributed by atoms with Gasteiger partial charge in [0.2, 0.25) is 0 Å². The van der Waals surface area contributed by atoms with Crippen molar-refractivity contribution in [2.45, 2.75) is 6.18 Å². The summed E-state index contributed by atoms with van der Waals surface area (Å²) in [5.41, 5.74) is -1.81. The van der Waals surface area contributed by atoms with E-state index in [1.807, 2.05) is 0 Å². The van der Waals surface area contributed by atoms with Gasteiger partial charge in [0.05, 0.1) is 22.6 Å². The van der Waals surface area contributed by atoms with Crippen LogP contribution in [0.15, 0.2) is 36.4 Å². The standard InChI is InChI=1S/C15H10ClF3N2O4/c1-25-13-5-2-8(6-12(13)21(23)24)14(22)20-9-3-4-11(16)10(7-9)15(17,18)19/h2-7H,1H3,(H,20,22). The number of benzene rings is 2. The normalized spacial score (nSPS) is 11.1. The molecular formula is C15H10ClF3N2O4. The van der Waals surface area contributed by atoms with Crippen molar-refractivity contribution >= 4 is 28.9 Å². The predicted molar refractivity (Wildman–Crippen MR) is 84.1 cm³/mol. The second-order valence-corrected chi connectivity index (χ2v) is 5.20. The summed E-state index contributed by atoms with van der Waals surface area (Å²) in [4.78, 5) is 22.4. The number of carbonyl (C=O) groups excluding carboxylic acids is 1. The van der Waals surface area contributed by atoms with Gasteiger partial charge in [-0.1, -0.05) is 11.6 Å². The predicted octanol–water partition coefficient (Wildman–Crippen LogP) is 4.53. The third-order valence-electron chi connectivity index (χ3n) is 3.17. The molecule has 0 aliphatic heterocycles. The Morgan fingerprint density at radius 2 is 1.92 bits per heavy atom. The smallest absolute Gasteiger partial charge is 0.417 e. The molecule has 0 aliphatic rings. The van der Waals surface area contributed by atoms with E-state index >= 15 is 0 Å². The number of anilines is 1. The first-order valence-corrected chi connectivity index (χ1v) is 7.02. The van der Waals surface area contributed by atoms with E-state index in [4.69, 9.17) is 16.3 Å². The first kappa shape index (κ1) is 18.5. The number of nitrogens with zero attached hydrogens (tertiary/aromatic N) is 1. The molecule has 2 aromatic carbocycles. The van der Waals surface area contributed by atoms with Crippen molar-refractivity contribution in [2.24, 2.45) is 0 Å². The van der Waals surface area contributed by atoms with Gasteiger partial charge in [0.1, 0.15) is 0 Å². The maximum Gasteiger partial charge on any atom is 0.417 e. The lowest BCUT2D eigenvalue weighted by atomic mass is 10.1. The number of ether oxygens (including phenoxy) is 1. The Bertz CT molecular complexity index is 840.